The van der Waals surface area contributed by atoms with Crippen LogP contribution < -0.4 is 24.8 Å². The van der Waals surface area contributed by atoms with Crippen molar-refractivity contribution in [1.82, 2.24) is 0 Å². The maximum absolute atomic E-state index is 3.29. The van der Waals surface area contributed by atoms with Crippen LogP contribution in [0.4, 0.5) is 0 Å². The minimum Gasteiger partial charge on any atom is -1.00 e. The van der Waals surface area contributed by atoms with Gasteiger partial charge in [0.15, 0.2) is 0 Å². The number of fused-ring (bicyclic) bond motifs is 2. The van der Waals surface area contributed by atoms with Crippen LogP contribution in [0.3, 0.4) is 0 Å². The summed E-state index contributed by atoms with van der Waals surface area (Å²) in [5.74, 6) is 0. The third-order valence-corrected chi connectivity index (χ3v) is 25.6. The Hall–Kier alpha value is -0.400. The molecular formula is C28H38Cl2SiZr. The van der Waals surface area contributed by atoms with Crippen molar-refractivity contribution in [1.29, 1.82) is 0 Å². The van der Waals surface area contributed by atoms with Gasteiger partial charge >= 0.3 is 187 Å². The van der Waals surface area contributed by atoms with Crippen LogP contribution in [0.5, 0.6) is 0 Å². The average molecular weight is 565 g/mol. The fraction of sp³-hybridized carbons (Fsp3) is 0.429. The standard InChI is InChI=1S/2C13H15.2CH3.2ClH.H2Si.Zr/c2*1-3-5-11-6-4-7-12-8-10(2)9-13(11)12;;;;;;/h2*4,6-9H,3,5H2,1-2H3;2*1H3;2*1H;1H2;/q;;;;;;;+2/p-2. The van der Waals surface area contributed by atoms with E-state index in [1.165, 1.54) is 25.7 Å². The number of benzene rings is 2. The Morgan fingerprint density at radius 2 is 1.09 bits per heavy atom. The van der Waals surface area contributed by atoms with E-state index in [0.717, 1.165) is 0 Å². The van der Waals surface area contributed by atoms with Crippen LogP contribution in [0.1, 0.15) is 81.2 Å². The van der Waals surface area contributed by atoms with Crippen molar-refractivity contribution in [2.75, 3.05) is 0 Å². The monoisotopic (exact) mass is 562 g/mol. The second-order valence-corrected chi connectivity index (χ2v) is 41.4. The van der Waals surface area contributed by atoms with E-state index in [2.05, 4.69) is 92.4 Å². The summed E-state index contributed by atoms with van der Waals surface area (Å²) in [6.45, 7) is 11.9. The van der Waals surface area contributed by atoms with Crippen LogP contribution >= 0.6 is 0 Å². The van der Waals surface area contributed by atoms with Gasteiger partial charge in [0.05, 0.1) is 0 Å². The number of rotatable bonds is 6. The van der Waals surface area contributed by atoms with Crippen LogP contribution in [0.25, 0.3) is 12.2 Å². The van der Waals surface area contributed by atoms with Crippen LogP contribution in [-0.2, 0) is 30.2 Å². The number of hydrogen-bond acceptors (Lipinski definition) is 0. The molecule has 0 radical (unpaired) electrons. The van der Waals surface area contributed by atoms with Crippen molar-refractivity contribution < 1.29 is 42.2 Å². The van der Waals surface area contributed by atoms with Crippen molar-refractivity contribution in [2.45, 2.75) is 69.9 Å². The smallest absolute Gasteiger partial charge is 1.00 e. The number of allylic oxidation sites excluding steroid dienone is 2. The number of halogens is 2. The topological polar surface area (TPSA) is 0 Å². The summed E-state index contributed by atoms with van der Waals surface area (Å²) in [6.07, 6.45) is 9.90. The molecule has 0 aromatic heterocycles. The molecule has 0 N–H and O–H groups in total. The van der Waals surface area contributed by atoms with Crippen LogP contribution in [0.2, 0.25) is 9.26 Å². The van der Waals surface area contributed by atoms with Gasteiger partial charge in [0.1, 0.15) is 0 Å². The second-order valence-electron chi connectivity index (χ2n) is 10.9. The molecule has 172 valence electrons. The predicted molar refractivity (Wildman–Crippen MR) is 134 cm³/mol. The van der Waals surface area contributed by atoms with Crippen LogP contribution in [0.15, 0.2) is 47.5 Å². The summed E-state index contributed by atoms with van der Waals surface area (Å²) in [5.41, 5.74) is 12.7. The Morgan fingerprint density at radius 3 is 1.44 bits per heavy atom. The predicted octanol–water partition coefficient (Wildman–Crippen LogP) is 1.55. The fourth-order valence-corrected chi connectivity index (χ4v) is 28.1. The maximum atomic E-state index is 2.74. The first-order valence-corrected chi connectivity index (χ1v) is 25.5. The summed E-state index contributed by atoms with van der Waals surface area (Å²) < 4.78 is 6.77. The quantitative estimate of drug-likeness (QED) is 0.468. The molecule has 0 fully saturated rings. The molecule has 0 saturated carbocycles. The fourth-order valence-electron chi connectivity index (χ4n) is 6.89. The Kier molecular flexibility index (Phi) is 8.76. The molecule has 2 aliphatic rings. The molecule has 32 heavy (non-hydrogen) atoms. The summed E-state index contributed by atoms with van der Waals surface area (Å²) in [5, 5.41) is 0. The number of hydrogen-bond donors (Lipinski definition) is 0. The van der Waals surface area contributed by atoms with Gasteiger partial charge in [-0.3, -0.25) is 0 Å². The van der Waals surface area contributed by atoms with E-state index in [-0.39, 0.29) is 24.8 Å². The zero-order valence-electron chi connectivity index (χ0n) is 20.6. The van der Waals surface area contributed by atoms with Gasteiger partial charge in [-0.25, -0.2) is 0 Å². The van der Waals surface area contributed by atoms with Crippen LogP contribution in [0, 0.1) is 0 Å². The van der Waals surface area contributed by atoms with Gasteiger partial charge < -0.3 is 24.8 Å². The average Bonchev–Trinajstić information content (AvgIpc) is 3.20. The van der Waals surface area contributed by atoms with Crippen molar-refractivity contribution in [3.63, 3.8) is 0 Å². The molecule has 0 nitrogen and oxygen atoms in total. The SMILES string of the molecule is CCCc1cccc2c1C=C(C)[CH]2[Zr+2]([CH3])([CH3])(=[SiH2])[CH]1C(C)=Cc2c(CCC)cccc21.[Cl-].[Cl-]. The van der Waals surface area contributed by atoms with Crippen molar-refractivity contribution >= 4 is 19.0 Å². The van der Waals surface area contributed by atoms with Gasteiger partial charge in [0.2, 0.25) is 0 Å². The summed E-state index contributed by atoms with van der Waals surface area (Å²) >= 11 is -3.29. The van der Waals surface area contributed by atoms with Crippen molar-refractivity contribution in [3.8, 4) is 0 Å². The van der Waals surface area contributed by atoms with Gasteiger partial charge in [-0.05, 0) is 0 Å². The van der Waals surface area contributed by atoms with Crippen molar-refractivity contribution in [2.24, 2.45) is 0 Å². The van der Waals surface area contributed by atoms with E-state index in [1.807, 2.05) is 0 Å². The summed E-state index contributed by atoms with van der Waals surface area (Å²) in [4.78, 5) is 0. The maximum Gasteiger partial charge on any atom is -1.00 e. The Balaban J connectivity index is 0.00000181. The molecule has 4 rings (SSSR count). The van der Waals surface area contributed by atoms with Gasteiger partial charge in [-0.2, -0.15) is 0 Å². The van der Waals surface area contributed by atoms with E-state index >= 15 is 0 Å². The molecule has 0 spiro atoms. The van der Waals surface area contributed by atoms with E-state index in [4.69, 9.17) is 0 Å². The summed E-state index contributed by atoms with van der Waals surface area (Å²) in [7, 11) is 0. The third-order valence-electron chi connectivity index (χ3n) is 7.67. The molecule has 2 aromatic rings. The molecular weight excluding hydrogens is 527 g/mol. The third kappa shape index (κ3) is 4.47. The molecule has 0 saturated heterocycles. The normalized spacial score (nSPS) is 18.6. The van der Waals surface area contributed by atoms with Crippen molar-refractivity contribution in [3.05, 3.63) is 80.9 Å². The molecule has 2 unspecified atom stereocenters. The van der Waals surface area contributed by atoms with E-state index in [9.17, 15) is 0 Å². The first kappa shape index (κ1) is 27.8. The molecule has 2 aromatic carbocycles. The Morgan fingerprint density at radius 1 is 0.719 bits per heavy atom. The van der Waals surface area contributed by atoms with Gasteiger partial charge in [-0.15, -0.1) is 0 Å². The summed E-state index contributed by atoms with van der Waals surface area (Å²) in [6, 6.07) is 14.2. The van der Waals surface area contributed by atoms with Gasteiger partial charge in [0, 0.05) is 0 Å². The number of aryl methyl sites for hydroxylation is 2. The minimum atomic E-state index is -3.29. The second kappa shape index (κ2) is 10.1. The molecule has 4 heteroatoms. The van der Waals surface area contributed by atoms with Gasteiger partial charge in [0.25, 0.3) is 0 Å². The Labute approximate surface area is 210 Å². The molecule has 0 heterocycles. The van der Waals surface area contributed by atoms with E-state index < -0.39 is 17.4 Å². The minimum absolute atomic E-state index is 0. The molecule has 0 amide bonds. The largest absolute Gasteiger partial charge is 1.00 e. The van der Waals surface area contributed by atoms with Crippen LogP contribution in [-0.4, -0.2) is 6.88 Å². The molecule has 2 atom stereocenters. The van der Waals surface area contributed by atoms with E-state index in [0.29, 0.717) is 7.25 Å². The molecule has 2 aliphatic carbocycles. The Bertz CT molecular complexity index is 1050. The van der Waals surface area contributed by atoms with Gasteiger partial charge in [-0.1, -0.05) is 0 Å². The molecule has 0 aliphatic heterocycles. The van der Waals surface area contributed by atoms with E-state index in [1.54, 1.807) is 44.5 Å². The first-order chi connectivity index (χ1) is 14.2. The molecule has 0 bridgehead atoms. The zero-order valence-corrected chi connectivity index (χ0v) is 25.9. The first-order valence-electron chi connectivity index (χ1n) is 11.8. The zero-order chi connectivity index (χ0) is 21.7.